The zero-order valence-electron chi connectivity index (χ0n) is 11.3. The maximum atomic E-state index is 11.9. The number of rotatable bonds is 6. The van der Waals surface area contributed by atoms with E-state index in [1.165, 1.54) is 0 Å². The van der Waals surface area contributed by atoms with Crippen LogP contribution in [0, 0.1) is 0 Å². The van der Waals surface area contributed by atoms with Crippen LogP contribution in [0.25, 0.3) is 11.3 Å². The van der Waals surface area contributed by atoms with E-state index in [2.05, 4.69) is 20.8 Å². The summed E-state index contributed by atoms with van der Waals surface area (Å²) in [7, 11) is 0. The zero-order chi connectivity index (χ0) is 14.4. The number of likely N-dealkylation sites (N-methyl/N-ethyl adjacent to an activating group) is 1. The van der Waals surface area contributed by atoms with Crippen LogP contribution in [0.1, 0.15) is 17.4 Å². The van der Waals surface area contributed by atoms with Gasteiger partial charge >= 0.3 is 0 Å². The number of aromatic hydroxyl groups is 1. The lowest BCUT2D eigenvalue weighted by Crippen LogP contribution is -2.31. The Morgan fingerprint density at radius 3 is 2.90 bits per heavy atom. The Labute approximate surface area is 117 Å². The van der Waals surface area contributed by atoms with E-state index in [0.717, 1.165) is 13.1 Å². The molecule has 6 heteroatoms. The van der Waals surface area contributed by atoms with Gasteiger partial charge in [0.1, 0.15) is 11.4 Å². The molecule has 106 valence electrons. The third-order valence-electron chi connectivity index (χ3n) is 2.84. The average molecular weight is 274 g/mol. The Kier molecular flexibility index (Phi) is 4.73. The average Bonchev–Trinajstić information content (AvgIpc) is 2.93. The number of para-hydroxylation sites is 1. The molecule has 0 saturated carbocycles. The van der Waals surface area contributed by atoms with Crippen LogP contribution in [0.3, 0.4) is 0 Å². The SMILES string of the molecule is CCNCCNC(=O)c1cc(-c2ccccc2O)n[nH]1. The van der Waals surface area contributed by atoms with Crippen molar-refractivity contribution in [3.63, 3.8) is 0 Å². The molecular formula is C14H18N4O2. The summed E-state index contributed by atoms with van der Waals surface area (Å²) in [5.41, 5.74) is 1.51. The molecule has 1 amide bonds. The summed E-state index contributed by atoms with van der Waals surface area (Å²) < 4.78 is 0. The molecule has 0 aliphatic heterocycles. The summed E-state index contributed by atoms with van der Waals surface area (Å²) >= 11 is 0. The minimum Gasteiger partial charge on any atom is -0.507 e. The Morgan fingerprint density at radius 2 is 2.15 bits per heavy atom. The van der Waals surface area contributed by atoms with Gasteiger partial charge in [0.05, 0.1) is 5.69 Å². The van der Waals surface area contributed by atoms with Crippen molar-refractivity contribution in [1.29, 1.82) is 0 Å². The number of phenols is 1. The van der Waals surface area contributed by atoms with Gasteiger partial charge in [0.2, 0.25) is 0 Å². The van der Waals surface area contributed by atoms with Gasteiger partial charge in [-0.25, -0.2) is 0 Å². The highest BCUT2D eigenvalue weighted by Gasteiger charge is 2.12. The van der Waals surface area contributed by atoms with Crippen LogP contribution in [0.4, 0.5) is 0 Å². The number of carbonyl (C=O) groups excluding carboxylic acids is 1. The second-order valence-electron chi connectivity index (χ2n) is 4.29. The Bertz CT molecular complexity index is 580. The van der Waals surface area contributed by atoms with Crippen molar-refractivity contribution in [3.05, 3.63) is 36.0 Å². The number of aromatic nitrogens is 2. The molecule has 0 radical (unpaired) electrons. The van der Waals surface area contributed by atoms with E-state index in [9.17, 15) is 9.90 Å². The molecule has 0 bridgehead atoms. The Morgan fingerprint density at radius 1 is 1.35 bits per heavy atom. The molecule has 2 aromatic rings. The normalized spacial score (nSPS) is 10.4. The molecule has 0 spiro atoms. The number of nitrogens with zero attached hydrogens (tertiary/aromatic N) is 1. The first kappa shape index (κ1) is 14.1. The minimum atomic E-state index is -0.211. The molecule has 1 aromatic carbocycles. The summed E-state index contributed by atoms with van der Waals surface area (Å²) in [6.45, 7) is 4.16. The third kappa shape index (κ3) is 3.36. The van der Waals surface area contributed by atoms with Crippen molar-refractivity contribution in [1.82, 2.24) is 20.8 Å². The number of hydrogen-bond donors (Lipinski definition) is 4. The van der Waals surface area contributed by atoms with E-state index < -0.39 is 0 Å². The van der Waals surface area contributed by atoms with Crippen LogP contribution in [0.5, 0.6) is 5.75 Å². The minimum absolute atomic E-state index is 0.137. The van der Waals surface area contributed by atoms with Crippen LogP contribution in [-0.4, -0.2) is 40.8 Å². The van der Waals surface area contributed by atoms with E-state index in [-0.39, 0.29) is 11.7 Å². The van der Waals surface area contributed by atoms with Gasteiger partial charge in [-0.2, -0.15) is 5.10 Å². The van der Waals surface area contributed by atoms with E-state index >= 15 is 0 Å². The topological polar surface area (TPSA) is 90.0 Å². The van der Waals surface area contributed by atoms with Crippen LogP contribution < -0.4 is 10.6 Å². The second kappa shape index (κ2) is 6.72. The van der Waals surface area contributed by atoms with Crippen molar-refractivity contribution in [3.8, 4) is 17.0 Å². The van der Waals surface area contributed by atoms with Gasteiger partial charge in [-0.3, -0.25) is 9.89 Å². The number of nitrogens with one attached hydrogen (secondary N) is 3. The first-order valence-corrected chi connectivity index (χ1v) is 6.55. The smallest absolute Gasteiger partial charge is 0.269 e. The first-order valence-electron chi connectivity index (χ1n) is 6.55. The molecule has 2 rings (SSSR count). The van der Waals surface area contributed by atoms with Gasteiger partial charge in [-0.1, -0.05) is 19.1 Å². The van der Waals surface area contributed by atoms with Crippen molar-refractivity contribution >= 4 is 5.91 Å². The predicted octanol–water partition coefficient (Wildman–Crippen LogP) is 1.12. The molecular weight excluding hydrogens is 256 g/mol. The monoisotopic (exact) mass is 274 g/mol. The highest BCUT2D eigenvalue weighted by atomic mass is 16.3. The molecule has 0 aliphatic carbocycles. The number of aromatic amines is 1. The van der Waals surface area contributed by atoms with E-state index in [1.807, 2.05) is 6.92 Å². The molecule has 0 atom stereocenters. The largest absolute Gasteiger partial charge is 0.507 e. The Hall–Kier alpha value is -2.34. The van der Waals surface area contributed by atoms with Gasteiger partial charge in [0.25, 0.3) is 5.91 Å². The molecule has 0 fully saturated rings. The fraction of sp³-hybridized carbons (Fsp3) is 0.286. The quantitative estimate of drug-likeness (QED) is 0.594. The van der Waals surface area contributed by atoms with Crippen molar-refractivity contribution in [2.45, 2.75) is 6.92 Å². The molecule has 1 aromatic heterocycles. The highest BCUT2D eigenvalue weighted by Crippen LogP contribution is 2.27. The summed E-state index contributed by atoms with van der Waals surface area (Å²) in [6.07, 6.45) is 0. The maximum Gasteiger partial charge on any atom is 0.269 e. The maximum absolute atomic E-state index is 11.9. The second-order valence-corrected chi connectivity index (χ2v) is 4.29. The van der Waals surface area contributed by atoms with Gasteiger partial charge in [0.15, 0.2) is 0 Å². The first-order chi connectivity index (χ1) is 9.72. The van der Waals surface area contributed by atoms with Crippen LogP contribution in [0.15, 0.2) is 30.3 Å². The number of amides is 1. The zero-order valence-corrected chi connectivity index (χ0v) is 11.3. The lowest BCUT2D eigenvalue weighted by Gasteiger charge is -2.03. The van der Waals surface area contributed by atoms with E-state index in [0.29, 0.717) is 23.5 Å². The van der Waals surface area contributed by atoms with Gasteiger partial charge < -0.3 is 15.7 Å². The Balaban J connectivity index is 2.02. The summed E-state index contributed by atoms with van der Waals surface area (Å²) in [4.78, 5) is 11.9. The lowest BCUT2D eigenvalue weighted by molar-refractivity contribution is 0.0949. The number of H-pyrrole nitrogens is 1. The molecule has 0 aliphatic rings. The van der Waals surface area contributed by atoms with Crippen LogP contribution in [-0.2, 0) is 0 Å². The van der Waals surface area contributed by atoms with Gasteiger partial charge in [-0.05, 0) is 24.7 Å². The molecule has 0 saturated heterocycles. The predicted molar refractivity (Wildman–Crippen MR) is 76.6 cm³/mol. The van der Waals surface area contributed by atoms with Crippen molar-refractivity contribution in [2.75, 3.05) is 19.6 Å². The summed E-state index contributed by atoms with van der Waals surface area (Å²) in [5.74, 6) is -0.0739. The van der Waals surface area contributed by atoms with Crippen LogP contribution in [0.2, 0.25) is 0 Å². The molecule has 20 heavy (non-hydrogen) atoms. The third-order valence-corrected chi connectivity index (χ3v) is 2.84. The fourth-order valence-corrected chi connectivity index (χ4v) is 1.80. The fourth-order valence-electron chi connectivity index (χ4n) is 1.80. The van der Waals surface area contributed by atoms with Gasteiger partial charge in [0, 0.05) is 18.7 Å². The summed E-state index contributed by atoms with van der Waals surface area (Å²) in [6, 6.07) is 8.50. The molecule has 0 unspecified atom stereocenters. The van der Waals surface area contributed by atoms with Gasteiger partial charge in [-0.15, -0.1) is 0 Å². The van der Waals surface area contributed by atoms with E-state index in [1.54, 1.807) is 30.3 Å². The molecule has 4 N–H and O–H groups in total. The number of phenolic OH excluding ortho intramolecular Hbond substituents is 1. The lowest BCUT2D eigenvalue weighted by atomic mass is 10.1. The van der Waals surface area contributed by atoms with Crippen molar-refractivity contribution < 1.29 is 9.90 Å². The van der Waals surface area contributed by atoms with Crippen LogP contribution >= 0.6 is 0 Å². The molecule has 1 heterocycles. The summed E-state index contributed by atoms with van der Waals surface area (Å²) in [5, 5.41) is 22.4. The molecule has 6 nitrogen and oxygen atoms in total. The number of hydrogen-bond acceptors (Lipinski definition) is 4. The standard InChI is InChI=1S/C14H18N4O2/c1-2-15-7-8-16-14(20)12-9-11(17-18-12)10-5-3-4-6-13(10)19/h3-6,9,15,19H,2,7-8H2,1H3,(H,16,20)(H,17,18). The highest BCUT2D eigenvalue weighted by molar-refractivity contribution is 5.93. The van der Waals surface area contributed by atoms with E-state index in [4.69, 9.17) is 0 Å². The number of benzene rings is 1. The number of carbonyl (C=O) groups is 1. The van der Waals surface area contributed by atoms with Crippen molar-refractivity contribution in [2.24, 2.45) is 0 Å².